The standard InChI is InChI=1S/C12H20N4O4S/c1-4-15(21(3,19)20)8-7-14(2)10-5-6-11(13)12(9-10)16(17)18/h5-6,9H,4,7-8,13H2,1-3H3. The fourth-order valence-electron chi connectivity index (χ4n) is 1.88. The molecule has 1 aromatic carbocycles. The summed E-state index contributed by atoms with van der Waals surface area (Å²) in [6.45, 7) is 2.87. The topological polar surface area (TPSA) is 110 Å². The number of nitrogen functional groups attached to an aromatic ring is 1. The van der Waals surface area contributed by atoms with Gasteiger partial charge in [-0.05, 0) is 12.1 Å². The van der Waals surface area contributed by atoms with E-state index in [-0.39, 0.29) is 11.4 Å². The number of nitro groups is 1. The summed E-state index contributed by atoms with van der Waals surface area (Å²) in [5, 5.41) is 10.9. The number of nitrogens with two attached hydrogens (primary N) is 1. The van der Waals surface area contributed by atoms with Crippen molar-refractivity contribution in [2.75, 3.05) is 43.6 Å². The maximum absolute atomic E-state index is 11.5. The molecule has 0 atom stereocenters. The Morgan fingerprint density at radius 1 is 1.33 bits per heavy atom. The van der Waals surface area contributed by atoms with Gasteiger partial charge < -0.3 is 10.6 Å². The number of rotatable bonds is 7. The Morgan fingerprint density at radius 2 is 1.95 bits per heavy atom. The lowest BCUT2D eigenvalue weighted by atomic mass is 10.2. The van der Waals surface area contributed by atoms with E-state index in [1.807, 2.05) is 0 Å². The fraction of sp³-hybridized carbons (Fsp3) is 0.500. The number of sulfonamides is 1. The molecule has 118 valence electrons. The van der Waals surface area contributed by atoms with Crippen LogP contribution in [0.4, 0.5) is 17.1 Å². The summed E-state index contributed by atoms with van der Waals surface area (Å²) in [6.07, 6.45) is 1.16. The van der Waals surface area contributed by atoms with Gasteiger partial charge in [-0.2, -0.15) is 0 Å². The second-order valence-electron chi connectivity index (χ2n) is 4.68. The number of likely N-dealkylation sites (N-methyl/N-ethyl adjacent to an activating group) is 2. The number of anilines is 2. The van der Waals surface area contributed by atoms with Crippen molar-refractivity contribution in [3.05, 3.63) is 28.3 Å². The molecule has 8 nitrogen and oxygen atoms in total. The van der Waals surface area contributed by atoms with Crippen molar-refractivity contribution in [3.63, 3.8) is 0 Å². The predicted molar refractivity (Wildman–Crippen MR) is 82.9 cm³/mol. The maximum Gasteiger partial charge on any atom is 0.294 e. The van der Waals surface area contributed by atoms with E-state index in [0.717, 1.165) is 6.26 Å². The molecule has 0 radical (unpaired) electrons. The Hall–Kier alpha value is -1.87. The molecule has 0 aliphatic heterocycles. The van der Waals surface area contributed by atoms with Crippen molar-refractivity contribution < 1.29 is 13.3 Å². The van der Waals surface area contributed by atoms with Crippen molar-refractivity contribution in [1.82, 2.24) is 4.31 Å². The van der Waals surface area contributed by atoms with Gasteiger partial charge >= 0.3 is 0 Å². The summed E-state index contributed by atoms with van der Waals surface area (Å²) >= 11 is 0. The lowest BCUT2D eigenvalue weighted by Crippen LogP contribution is -2.36. The largest absolute Gasteiger partial charge is 0.393 e. The Labute approximate surface area is 124 Å². The van der Waals surface area contributed by atoms with Gasteiger partial charge in [0.25, 0.3) is 5.69 Å². The Balaban J connectivity index is 2.83. The third-order valence-electron chi connectivity index (χ3n) is 3.16. The number of hydrogen-bond donors (Lipinski definition) is 1. The van der Waals surface area contributed by atoms with Gasteiger partial charge in [0.05, 0.1) is 11.2 Å². The van der Waals surface area contributed by atoms with Crippen LogP contribution in [-0.4, -0.2) is 50.6 Å². The van der Waals surface area contributed by atoms with E-state index in [9.17, 15) is 18.5 Å². The summed E-state index contributed by atoms with van der Waals surface area (Å²) in [5.74, 6) is 0. The van der Waals surface area contributed by atoms with Crippen LogP contribution in [-0.2, 0) is 10.0 Å². The molecule has 21 heavy (non-hydrogen) atoms. The predicted octanol–water partition coefficient (Wildman–Crippen LogP) is 0.895. The van der Waals surface area contributed by atoms with E-state index in [2.05, 4.69) is 0 Å². The number of hydrogen-bond acceptors (Lipinski definition) is 6. The van der Waals surface area contributed by atoms with E-state index in [1.54, 1.807) is 24.9 Å². The summed E-state index contributed by atoms with van der Waals surface area (Å²) < 4.78 is 24.3. The molecular formula is C12H20N4O4S. The number of benzene rings is 1. The quantitative estimate of drug-likeness (QED) is 0.454. The average Bonchev–Trinajstić information content (AvgIpc) is 2.37. The molecule has 0 unspecified atom stereocenters. The lowest BCUT2D eigenvalue weighted by molar-refractivity contribution is -0.383. The van der Waals surface area contributed by atoms with Crippen LogP contribution < -0.4 is 10.6 Å². The Bertz CT molecular complexity index is 618. The first-order chi connectivity index (χ1) is 9.66. The zero-order valence-corrected chi connectivity index (χ0v) is 13.1. The van der Waals surface area contributed by atoms with Gasteiger partial charge in [-0.25, -0.2) is 12.7 Å². The zero-order valence-electron chi connectivity index (χ0n) is 12.3. The van der Waals surface area contributed by atoms with E-state index in [0.29, 0.717) is 25.3 Å². The highest BCUT2D eigenvalue weighted by atomic mass is 32.2. The van der Waals surface area contributed by atoms with Crippen LogP contribution in [0.1, 0.15) is 6.92 Å². The highest BCUT2D eigenvalue weighted by Gasteiger charge is 2.17. The minimum atomic E-state index is -3.24. The third-order valence-corrected chi connectivity index (χ3v) is 4.54. The summed E-state index contributed by atoms with van der Waals surface area (Å²) in [4.78, 5) is 12.1. The normalized spacial score (nSPS) is 11.6. The van der Waals surface area contributed by atoms with E-state index >= 15 is 0 Å². The van der Waals surface area contributed by atoms with E-state index in [1.165, 1.54) is 16.4 Å². The molecule has 9 heteroatoms. The van der Waals surface area contributed by atoms with Crippen LogP contribution in [0.15, 0.2) is 18.2 Å². The minimum absolute atomic E-state index is 0.100. The van der Waals surface area contributed by atoms with Crippen molar-refractivity contribution in [1.29, 1.82) is 0 Å². The van der Waals surface area contributed by atoms with Crippen LogP contribution in [0, 0.1) is 10.1 Å². The first kappa shape index (κ1) is 17.2. The van der Waals surface area contributed by atoms with Crippen LogP contribution in [0.2, 0.25) is 0 Å². The highest BCUT2D eigenvalue weighted by Crippen LogP contribution is 2.26. The molecule has 0 amide bonds. The summed E-state index contributed by atoms with van der Waals surface area (Å²) in [5.41, 5.74) is 6.10. The molecule has 2 N–H and O–H groups in total. The first-order valence-corrected chi connectivity index (χ1v) is 8.21. The van der Waals surface area contributed by atoms with E-state index in [4.69, 9.17) is 5.73 Å². The van der Waals surface area contributed by atoms with Crippen molar-refractivity contribution >= 4 is 27.1 Å². The zero-order chi connectivity index (χ0) is 16.2. The molecular weight excluding hydrogens is 296 g/mol. The molecule has 0 saturated carbocycles. The average molecular weight is 316 g/mol. The Morgan fingerprint density at radius 3 is 2.43 bits per heavy atom. The number of nitro benzene ring substituents is 1. The molecule has 0 spiro atoms. The van der Waals surface area contributed by atoms with E-state index < -0.39 is 14.9 Å². The van der Waals surface area contributed by atoms with Crippen LogP contribution in [0.5, 0.6) is 0 Å². The van der Waals surface area contributed by atoms with Gasteiger partial charge in [0.15, 0.2) is 0 Å². The van der Waals surface area contributed by atoms with Crippen molar-refractivity contribution in [2.45, 2.75) is 6.92 Å². The lowest BCUT2D eigenvalue weighted by Gasteiger charge is -2.24. The van der Waals surface area contributed by atoms with Gasteiger partial charge in [-0.3, -0.25) is 10.1 Å². The minimum Gasteiger partial charge on any atom is -0.393 e. The van der Waals surface area contributed by atoms with Gasteiger partial charge in [-0.1, -0.05) is 6.92 Å². The van der Waals surface area contributed by atoms with Gasteiger partial charge in [0.2, 0.25) is 10.0 Å². The van der Waals surface area contributed by atoms with Gasteiger partial charge in [0, 0.05) is 38.4 Å². The monoisotopic (exact) mass is 316 g/mol. The molecule has 0 aliphatic carbocycles. The number of nitrogens with zero attached hydrogens (tertiary/aromatic N) is 3. The van der Waals surface area contributed by atoms with Crippen LogP contribution in [0.25, 0.3) is 0 Å². The van der Waals surface area contributed by atoms with Crippen molar-refractivity contribution in [3.8, 4) is 0 Å². The van der Waals surface area contributed by atoms with Gasteiger partial charge in [0.1, 0.15) is 5.69 Å². The summed E-state index contributed by atoms with van der Waals surface area (Å²) in [6, 6.07) is 4.52. The molecule has 1 aromatic rings. The molecule has 0 aromatic heterocycles. The SMILES string of the molecule is CCN(CCN(C)c1ccc(N)c([N+](=O)[O-])c1)S(C)(=O)=O. The third kappa shape index (κ3) is 4.57. The van der Waals surface area contributed by atoms with Crippen LogP contribution in [0.3, 0.4) is 0 Å². The Kier molecular flexibility index (Phi) is 5.50. The highest BCUT2D eigenvalue weighted by molar-refractivity contribution is 7.88. The smallest absolute Gasteiger partial charge is 0.294 e. The molecule has 0 bridgehead atoms. The second kappa shape index (κ2) is 6.72. The molecule has 0 heterocycles. The maximum atomic E-state index is 11.5. The van der Waals surface area contributed by atoms with Crippen molar-refractivity contribution in [2.24, 2.45) is 0 Å². The summed E-state index contributed by atoms with van der Waals surface area (Å²) in [7, 11) is -1.50. The van der Waals surface area contributed by atoms with Gasteiger partial charge in [-0.15, -0.1) is 0 Å². The van der Waals surface area contributed by atoms with Crippen LogP contribution >= 0.6 is 0 Å². The fourth-order valence-corrected chi connectivity index (χ4v) is 2.76. The molecule has 1 rings (SSSR count). The second-order valence-corrected chi connectivity index (χ2v) is 6.66. The molecule has 0 aliphatic rings. The molecule has 0 saturated heterocycles. The first-order valence-electron chi connectivity index (χ1n) is 6.37. The molecule has 0 fully saturated rings.